The van der Waals surface area contributed by atoms with Crippen molar-refractivity contribution in [1.29, 1.82) is 0 Å². The summed E-state index contributed by atoms with van der Waals surface area (Å²) >= 11 is -1.24. The summed E-state index contributed by atoms with van der Waals surface area (Å²) in [4.78, 5) is 0. The Morgan fingerprint density at radius 1 is 1.22 bits per heavy atom. The van der Waals surface area contributed by atoms with Crippen LogP contribution in [0.25, 0.3) is 0 Å². The van der Waals surface area contributed by atoms with Gasteiger partial charge in [-0.3, -0.25) is 0 Å². The zero-order chi connectivity index (χ0) is 6.69. The first-order valence-corrected chi connectivity index (χ1v) is 4.37. The van der Waals surface area contributed by atoms with Gasteiger partial charge in [0.25, 0.3) is 0 Å². The van der Waals surface area contributed by atoms with Crippen molar-refractivity contribution in [1.82, 2.24) is 0 Å². The summed E-state index contributed by atoms with van der Waals surface area (Å²) in [6.07, 6.45) is 0. The van der Waals surface area contributed by atoms with Crippen LogP contribution in [0.4, 0.5) is 4.39 Å². The number of hydrogen-bond acceptors (Lipinski definition) is 1. The fourth-order valence-corrected chi connectivity index (χ4v) is 1.15. The van der Waals surface area contributed by atoms with E-state index in [-0.39, 0.29) is 5.82 Å². The van der Waals surface area contributed by atoms with Crippen LogP contribution in [0.15, 0.2) is 24.3 Å². The van der Waals surface area contributed by atoms with Crippen LogP contribution in [0.2, 0.25) is 0 Å². The summed E-state index contributed by atoms with van der Waals surface area (Å²) in [6, 6.07) is 5.72. The molecule has 0 N–H and O–H groups in total. The summed E-state index contributed by atoms with van der Waals surface area (Å²) in [5.41, 5.74) is 0. The second-order valence-corrected chi connectivity index (χ2v) is 3.25. The summed E-state index contributed by atoms with van der Waals surface area (Å²) < 4.78 is 23.1. The molecule has 1 rings (SSSR count). The van der Waals surface area contributed by atoms with Gasteiger partial charge in [-0.1, -0.05) is 0 Å². The first-order valence-electron chi connectivity index (χ1n) is 2.46. The molecule has 1 radical (unpaired) electrons. The van der Waals surface area contributed by atoms with E-state index < -0.39 is 15.7 Å². The van der Waals surface area contributed by atoms with Crippen molar-refractivity contribution in [3.8, 4) is 0 Å². The molecule has 0 fully saturated rings. The number of benzene rings is 1. The Hall–Kier alpha value is -0.492. The van der Waals surface area contributed by atoms with E-state index in [0.29, 0.717) is 0 Å². The van der Waals surface area contributed by atoms with Gasteiger partial charge >= 0.3 is 58.3 Å². The van der Waals surface area contributed by atoms with Crippen LogP contribution >= 0.6 is 0 Å². The van der Waals surface area contributed by atoms with Crippen LogP contribution in [0.3, 0.4) is 0 Å². The molecule has 0 amide bonds. The molecular weight excluding hydrogens is 182 g/mol. The van der Waals surface area contributed by atoms with Crippen LogP contribution in [0.1, 0.15) is 0 Å². The molecule has 47 valence electrons. The first kappa shape index (κ1) is 6.63. The SMILES string of the molecule is O=[AsH]c1ccc(F)cc1. The normalized spacial score (nSPS) is 9.89. The van der Waals surface area contributed by atoms with E-state index in [1.54, 1.807) is 12.1 Å². The molecule has 0 heterocycles. The Morgan fingerprint density at radius 3 is 2.22 bits per heavy atom. The molecule has 0 aromatic heterocycles. The predicted molar refractivity (Wildman–Crippen MR) is 33.9 cm³/mol. The molecular formula is C6H5AsFO. The minimum absolute atomic E-state index is 0.279. The Balaban J connectivity index is 3.01. The number of halogens is 1. The summed E-state index contributed by atoms with van der Waals surface area (Å²) in [5.74, 6) is -0.279. The second kappa shape index (κ2) is 2.88. The fourth-order valence-electron chi connectivity index (χ4n) is 0.518. The maximum atomic E-state index is 12.1. The summed E-state index contributed by atoms with van der Waals surface area (Å²) in [5, 5.41) is 0. The first-order chi connectivity index (χ1) is 4.33. The zero-order valence-electron chi connectivity index (χ0n) is 4.60. The van der Waals surface area contributed by atoms with Crippen molar-refractivity contribution in [2.24, 2.45) is 0 Å². The van der Waals surface area contributed by atoms with Crippen LogP contribution in [-0.4, -0.2) is 15.7 Å². The molecule has 1 aromatic rings. The van der Waals surface area contributed by atoms with Crippen molar-refractivity contribution >= 4 is 20.0 Å². The van der Waals surface area contributed by atoms with E-state index in [1.807, 2.05) is 0 Å². The zero-order valence-corrected chi connectivity index (χ0v) is 6.69. The third-order valence-electron chi connectivity index (χ3n) is 0.962. The van der Waals surface area contributed by atoms with Gasteiger partial charge in [0.1, 0.15) is 0 Å². The van der Waals surface area contributed by atoms with Crippen molar-refractivity contribution in [2.75, 3.05) is 0 Å². The van der Waals surface area contributed by atoms with Gasteiger partial charge in [-0.25, -0.2) is 0 Å². The van der Waals surface area contributed by atoms with Gasteiger partial charge in [-0.05, 0) is 0 Å². The Labute approximate surface area is 58.8 Å². The quantitative estimate of drug-likeness (QED) is 0.575. The summed E-state index contributed by atoms with van der Waals surface area (Å²) in [7, 11) is 0. The van der Waals surface area contributed by atoms with E-state index >= 15 is 0 Å². The van der Waals surface area contributed by atoms with E-state index in [4.69, 9.17) is 0 Å². The van der Waals surface area contributed by atoms with Crippen LogP contribution < -0.4 is 4.35 Å². The predicted octanol–water partition coefficient (Wildman–Crippen LogP) is 0.233. The fraction of sp³-hybridized carbons (Fsp3) is 0. The topological polar surface area (TPSA) is 17.1 Å². The van der Waals surface area contributed by atoms with Gasteiger partial charge in [-0.2, -0.15) is 0 Å². The van der Waals surface area contributed by atoms with Gasteiger partial charge in [0, 0.05) is 0 Å². The maximum absolute atomic E-state index is 12.1. The Kier molecular flexibility index (Phi) is 2.12. The molecule has 1 aromatic carbocycles. The molecule has 0 saturated carbocycles. The van der Waals surface area contributed by atoms with Gasteiger partial charge < -0.3 is 0 Å². The molecule has 0 aliphatic carbocycles. The Morgan fingerprint density at radius 2 is 1.78 bits per heavy atom. The molecule has 0 aliphatic rings. The number of rotatable bonds is 1. The van der Waals surface area contributed by atoms with Crippen LogP contribution in [0, 0.1) is 5.82 Å². The molecule has 1 atom stereocenters. The van der Waals surface area contributed by atoms with Gasteiger partial charge in [0.2, 0.25) is 0 Å². The molecule has 3 heteroatoms. The van der Waals surface area contributed by atoms with Crippen molar-refractivity contribution in [3.63, 3.8) is 0 Å². The van der Waals surface area contributed by atoms with Gasteiger partial charge in [0.15, 0.2) is 0 Å². The molecule has 9 heavy (non-hydrogen) atoms. The van der Waals surface area contributed by atoms with E-state index in [1.165, 1.54) is 12.1 Å². The van der Waals surface area contributed by atoms with Crippen molar-refractivity contribution in [2.45, 2.75) is 0 Å². The molecule has 0 bridgehead atoms. The van der Waals surface area contributed by atoms with Crippen molar-refractivity contribution < 1.29 is 8.13 Å². The molecule has 1 nitrogen and oxygen atoms in total. The van der Waals surface area contributed by atoms with Crippen molar-refractivity contribution in [3.05, 3.63) is 30.1 Å². The third kappa shape index (κ3) is 1.72. The molecule has 1 unspecified atom stereocenters. The second-order valence-electron chi connectivity index (χ2n) is 1.61. The van der Waals surface area contributed by atoms with Gasteiger partial charge in [0.05, 0.1) is 0 Å². The van der Waals surface area contributed by atoms with E-state index in [0.717, 1.165) is 4.35 Å². The monoisotopic (exact) mass is 187 g/mol. The van der Waals surface area contributed by atoms with E-state index in [9.17, 15) is 8.13 Å². The minimum atomic E-state index is -1.24. The number of hydrogen-bond donors (Lipinski definition) is 0. The summed E-state index contributed by atoms with van der Waals surface area (Å²) in [6.45, 7) is 0. The third-order valence-corrected chi connectivity index (χ3v) is 2.16. The van der Waals surface area contributed by atoms with Crippen LogP contribution in [-0.2, 0) is 3.74 Å². The van der Waals surface area contributed by atoms with E-state index in [2.05, 4.69) is 0 Å². The molecule has 0 saturated heterocycles. The van der Waals surface area contributed by atoms with Gasteiger partial charge in [-0.15, -0.1) is 0 Å². The average Bonchev–Trinajstić information content (AvgIpc) is 1.90. The average molecular weight is 187 g/mol. The van der Waals surface area contributed by atoms with Crippen LogP contribution in [0.5, 0.6) is 0 Å². The standard InChI is InChI=1S/C6H5AsFO/c8-6-3-1-5(7-9)2-4-6/h1-4,7H. The molecule has 0 aliphatic heterocycles. The Bertz CT molecular complexity index is 207. The molecule has 0 spiro atoms.